The topological polar surface area (TPSA) is 79.6 Å². The fraction of sp³-hybridized carbons (Fsp3) is 0.136. The molecule has 0 atom stereocenters. The van der Waals surface area contributed by atoms with E-state index in [9.17, 15) is 13.2 Å². The maximum absolute atomic E-state index is 12.5. The molecule has 0 fully saturated rings. The largest absolute Gasteiger partial charge is 0.468 e. The summed E-state index contributed by atoms with van der Waals surface area (Å²) in [5, 5.41) is 0. The molecular weight excluding hydrogens is 388 g/mol. The summed E-state index contributed by atoms with van der Waals surface area (Å²) >= 11 is 0. The average molecular weight is 408 g/mol. The molecule has 6 nitrogen and oxygen atoms in total. The summed E-state index contributed by atoms with van der Waals surface area (Å²) in [4.78, 5) is 14.4. The number of fused-ring (bicyclic) bond motifs is 1. The van der Waals surface area contributed by atoms with Crippen LogP contribution in [0.25, 0.3) is 6.08 Å². The Balaban J connectivity index is 1.41. The zero-order valence-electron chi connectivity index (χ0n) is 15.6. The number of furan rings is 1. The van der Waals surface area contributed by atoms with Gasteiger partial charge in [0.15, 0.2) is 0 Å². The van der Waals surface area contributed by atoms with Crippen molar-refractivity contribution >= 4 is 27.7 Å². The second-order valence-corrected chi connectivity index (χ2v) is 8.44. The summed E-state index contributed by atoms with van der Waals surface area (Å²) in [7, 11) is -3.64. The smallest absolute Gasteiger partial charge is 0.251 e. The highest BCUT2D eigenvalue weighted by Gasteiger charge is 2.22. The van der Waals surface area contributed by atoms with Crippen molar-refractivity contribution in [3.63, 3.8) is 0 Å². The van der Waals surface area contributed by atoms with E-state index in [1.165, 1.54) is 30.0 Å². The van der Waals surface area contributed by atoms with Gasteiger partial charge in [-0.3, -0.25) is 4.79 Å². The van der Waals surface area contributed by atoms with Crippen molar-refractivity contribution in [2.45, 2.75) is 17.9 Å². The summed E-state index contributed by atoms with van der Waals surface area (Å²) in [6.45, 7) is 0.754. The average Bonchev–Trinajstić information content (AvgIpc) is 3.41. The molecule has 1 aliphatic heterocycles. The molecule has 2 heterocycles. The van der Waals surface area contributed by atoms with E-state index in [1.54, 1.807) is 35.2 Å². The Morgan fingerprint density at radius 2 is 1.86 bits per heavy atom. The van der Waals surface area contributed by atoms with E-state index in [-0.39, 0.29) is 17.3 Å². The van der Waals surface area contributed by atoms with Gasteiger partial charge in [-0.15, -0.1) is 0 Å². The number of benzene rings is 2. The minimum Gasteiger partial charge on any atom is -0.468 e. The fourth-order valence-electron chi connectivity index (χ4n) is 3.25. The van der Waals surface area contributed by atoms with Gasteiger partial charge in [-0.25, -0.2) is 13.1 Å². The Kier molecular flexibility index (Phi) is 5.33. The molecule has 0 saturated heterocycles. The van der Waals surface area contributed by atoms with Crippen molar-refractivity contribution in [3.8, 4) is 0 Å². The van der Waals surface area contributed by atoms with Crippen LogP contribution < -0.4 is 9.62 Å². The zero-order chi connectivity index (χ0) is 20.3. The van der Waals surface area contributed by atoms with Crippen LogP contribution in [-0.4, -0.2) is 20.9 Å². The van der Waals surface area contributed by atoms with Gasteiger partial charge in [-0.2, -0.15) is 0 Å². The molecule has 29 heavy (non-hydrogen) atoms. The first-order valence-corrected chi connectivity index (χ1v) is 10.7. The van der Waals surface area contributed by atoms with E-state index >= 15 is 0 Å². The number of carbonyl (C=O) groups is 1. The number of rotatable bonds is 6. The first-order valence-electron chi connectivity index (χ1n) is 9.22. The van der Waals surface area contributed by atoms with Gasteiger partial charge in [-0.1, -0.05) is 30.3 Å². The summed E-state index contributed by atoms with van der Waals surface area (Å²) < 4.78 is 32.4. The highest BCUT2D eigenvalue weighted by Crippen LogP contribution is 2.27. The molecule has 1 N–H and O–H groups in total. The standard InChI is InChI=1S/C22H20N2O4S/c25-22(24-14-13-18-4-1-2-6-21(18)24)12-9-17-7-10-20(11-8-17)29(26,27)23-16-19-5-3-15-28-19/h1-12,15,23H,13-14,16H2/b12-9+. The summed E-state index contributed by atoms with van der Waals surface area (Å²) in [5.74, 6) is 0.446. The van der Waals surface area contributed by atoms with Crippen LogP contribution in [0.4, 0.5) is 5.69 Å². The summed E-state index contributed by atoms with van der Waals surface area (Å²) in [6, 6.07) is 17.6. The van der Waals surface area contributed by atoms with Crippen molar-refractivity contribution in [2.24, 2.45) is 0 Å². The van der Waals surface area contributed by atoms with Gasteiger partial charge in [0.2, 0.25) is 10.0 Å². The van der Waals surface area contributed by atoms with Gasteiger partial charge in [0.1, 0.15) is 5.76 Å². The van der Waals surface area contributed by atoms with Crippen LogP contribution in [-0.2, 0) is 27.8 Å². The van der Waals surface area contributed by atoms with E-state index in [4.69, 9.17) is 4.42 Å². The highest BCUT2D eigenvalue weighted by atomic mass is 32.2. The molecule has 0 radical (unpaired) electrons. The van der Waals surface area contributed by atoms with Gasteiger partial charge in [0.25, 0.3) is 5.91 Å². The second-order valence-electron chi connectivity index (χ2n) is 6.67. The Labute approximate surface area is 169 Å². The predicted octanol–water partition coefficient (Wildman–Crippen LogP) is 3.36. The zero-order valence-corrected chi connectivity index (χ0v) is 16.4. The third kappa shape index (κ3) is 4.31. The summed E-state index contributed by atoms with van der Waals surface area (Å²) in [6.07, 6.45) is 5.55. The highest BCUT2D eigenvalue weighted by molar-refractivity contribution is 7.89. The quantitative estimate of drug-likeness (QED) is 0.635. The molecular formula is C22H20N2O4S. The van der Waals surface area contributed by atoms with Gasteiger partial charge < -0.3 is 9.32 Å². The Hall–Kier alpha value is -3.16. The van der Waals surface area contributed by atoms with E-state index in [2.05, 4.69) is 4.72 Å². The van der Waals surface area contributed by atoms with Crippen LogP contribution >= 0.6 is 0 Å². The van der Waals surface area contributed by atoms with Crippen molar-refractivity contribution < 1.29 is 17.6 Å². The number of amides is 1. The van der Waals surface area contributed by atoms with Gasteiger partial charge in [0.05, 0.1) is 17.7 Å². The first-order chi connectivity index (χ1) is 14.0. The molecule has 0 spiro atoms. The Bertz CT molecular complexity index is 1130. The van der Waals surface area contributed by atoms with Crippen LogP contribution in [0.15, 0.2) is 82.3 Å². The maximum atomic E-state index is 12.5. The molecule has 148 valence electrons. The van der Waals surface area contributed by atoms with E-state index in [0.717, 1.165) is 17.7 Å². The SMILES string of the molecule is O=C(/C=C/c1ccc(S(=O)(=O)NCc2ccco2)cc1)N1CCc2ccccc21. The van der Waals surface area contributed by atoms with Gasteiger partial charge in [0, 0.05) is 18.3 Å². The van der Waals surface area contributed by atoms with E-state index < -0.39 is 10.0 Å². The minimum atomic E-state index is -3.64. The van der Waals surface area contributed by atoms with Crippen LogP contribution in [0, 0.1) is 0 Å². The molecule has 0 aliphatic carbocycles. The third-order valence-corrected chi connectivity index (χ3v) is 6.20. The monoisotopic (exact) mass is 408 g/mol. The van der Waals surface area contributed by atoms with E-state index in [1.807, 2.05) is 24.3 Å². The third-order valence-electron chi connectivity index (χ3n) is 4.78. The lowest BCUT2D eigenvalue weighted by molar-refractivity contribution is -0.114. The lowest BCUT2D eigenvalue weighted by atomic mass is 10.2. The normalized spacial score (nSPS) is 13.7. The number of nitrogens with one attached hydrogen (secondary N) is 1. The number of sulfonamides is 1. The lowest BCUT2D eigenvalue weighted by Gasteiger charge is -2.14. The molecule has 2 aromatic carbocycles. The molecule has 7 heteroatoms. The second kappa shape index (κ2) is 8.06. The van der Waals surface area contributed by atoms with Crippen LogP contribution in [0.2, 0.25) is 0 Å². The fourth-order valence-corrected chi connectivity index (χ4v) is 4.24. The minimum absolute atomic E-state index is 0.0861. The molecule has 0 saturated carbocycles. The number of anilines is 1. The molecule has 1 aromatic heterocycles. The Morgan fingerprint density at radius 3 is 2.62 bits per heavy atom. The molecule has 1 aliphatic rings. The number of nitrogens with zero attached hydrogens (tertiary/aromatic N) is 1. The van der Waals surface area contributed by atoms with Crippen molar-refractivity contribution in [1.29, 1.82) is 0 Å². The molecule has 1 amide bonds. The van der Waals surface area contributed by atoms with Gasteiger partial charge >= 0.3 is 0 Å². The number of carbonyl (C=O) groups excluding carboxylic acids is 1. The number of para-hydroxylation sites is 1. The van der Waals surface area contributed by atoms with Crippen molar-refractivity contribution in [3.05, 3.63) is 89.9 Å². The Morgan fingerprint density at radius 1 is 1.07 bits per heavy atom. The maximum Gasteiger partial charge on any atom is 0.251 e. The van der Waals surface area contributed by atoms with Crippen molar-refractivity contribution in [1.82, 2.24) is 4.72 Å². The molecule has 0 bridgehead atoms. The van der Waals surface area contributed by atoms with Crippen molar-refractivity contribution in [2.75, 3.05) is 11.4 Å². The molecule has 4 rings (SSSR count). The predicted molar refractivity (Wildman–Crippen MR) is 111 cm³/mol. The van der Waals surface area contributed by atoms with Crippen LogP contribution in [0.3, 0.4) is 0 Å². The van der Waals surface area contributed by atoms with Gasteiger partial charge in [-0.05, 0) is 54.0 Å². The van der Waals surface area contributed by atoms with Crippen LogP contribution in [0.1, 0.15) is 16.9 Å². The first kappa shape index (κ1) is 19.2. The number of hydrogen-bond acceptors (Lipinski definition) is 4. The molecule has 0 unspecified atom stereocenters. The van der Waals surface area contributed by atoms with Crippen LogP contribution in [0.5, 0.6) is 0 Å². The van der Waals surface area contributed by atoms with E-state index in [0.29, 0.717) is 12.3 Å². The summed E-state index contributed by atoms with van der Waals surface area (Å²) in [5.41, 5.74) is 2.87. The lowest BCUT2D eigenvalue weighted by Crippen LogP contribution is -2.26. The number of hydrogen-bond donors (Lipinski definition) is 1. The molecule has 3 aromatic rings.